The lowest BCUT2D eigenvalue weighted by Crippen LogP contribution is -1.83. The van der Waals surface area contributed by atoms with Crippen molar-refractivity contribution in [2.45, 2.75) is 13.3 Å². The average molecular weight is 211 g/mol. The molecule has 0 aliphatic carbocycles. The minimum Gasteiger partial charge on any atom is -0.103 e. The highest BCUT2D eigenvalue weighted by atomic mass is 79.9. The zero-order valence-corrected chi connectivity index (χ0v) is 8.19. The summed E-state index contributed by atoms with van der Waals surface area (Å²) in [7, 11) is 0. The molecule has 0 bridgehead atoms. The van der Waals surface area contributed by atoms with Crippen LogP contribution in [0.2, 0.25) is 0 Å². The van der Waals surface area contributed by atoms with E-state index in [1.165, 1.54) is 15.6 Å². The molecule has 0 saturated heterocycles. The number of rotatable bonds is 2. The lowest BCUT2D eigenvalue weighted by molar-refractivity contribution is 1.24. The first-order valence-electron chi connectivity index (χ1n) is 3.60. The summed E-state index contributed by atoms with van der Waals surface area (Å²) < 4.78 is 1.18. The second-order valence-electron chi connectivity index (χ2n) is 2.59. The Hall–Kier alpha value is -0.560. The van der Waals surface area contributed by atoms with Crippen LogP contribution < -0.4 is 0 Å². The zero-order valence-electron chi connectivity index (χ0n) is 6.60. The molecular formula is C10H11Br. The third-order valence-electron chi connectivity index (χ3n) is 1.57. The Morgan fingerprint density at radius 1 is 1.55 bits per heavy atom. The van der Waals surface area contributed by atoms with Gasteiger partial charge in [-0.2, -0.15) is 0 Å². The van der Waals surface area contributed by atoms with Gasteiger partial charge in [0.1, 0.15) is 0 Å². The molecular weight excluding hydrogens is 200 g/mol. The van der Waals surface area contributed by atoms with E-state index in [0.717, 1.165) is 6.42 Å². The molecule has 11 heavy (non-hydrogen) atoms. The fraction of sp³-hybridized carbons (Fsp3) is 0.200. The van der Waals surface area contributed by atoms with Crippen LogP contribution in [0.1, 0.15) is 11.1 Å². The predicted molar refractivity (Wildman–Crippen MR) is 52.8 cm³/mol. The van der Waals surface area contributed by atoms with Crippen molar-refractivity contribution in [2.75, 3.05) is 0 Å². The molecule has 1 aromatic carbocycles. The van der Waals surface area contributed by atoms with Gasteiger partial charge in [-0.15, -0.1) is 6.58 Å². The van der Waals surface area contributed by atoms with Gasteiger partial charge in [-0.25, -0.2) is 0 Å². The molecule has 0 amide bonds. The summed E-state index contributed by atoms with van der Waals surface area (Å²) in [4.78, 5) is 0. The Balaban J connectivity index is 2.98. The minimum atomic E-state index is 0.931. The second kappa shape index (κ2) is 3.72. The third kappa shape index (κ3) is 2.19. The predicted octanol–water partition coefficient (Wildman–Crippen LogP) is 3.49. The van der Waals surface area contributed by atoms with Crippen LogP contribution in [0.5, 0.6) is 0 Å². The van der Waals surface area contributed by atoms with Crippen LogP contribution in [0.4, 0.5) is 0 Å². The van der Waals surface area contributed by atoms with Crippen molar-refractivity contribution >= 4 is 15.9 Å². The van der Waals surface area contributed by atoms with Gasteiger partial charge in [-0.3, -0.25) is 0 Å². The third-order valence-corrected chi connectivity index (χ3v) is 2.31. The lowest BCUT2D eigenvalue weighted by Gasteiger charge is -2.01. The Morgan fingerprint density at radius 3 is 2.82 bits per heavy atom. The average Bonchev–Trinajstić information content (AvgIpc) is 1.95. The highest BCUT2D eigenvalue weighted by Gasteiger charge is 1.95. The molecule has 0 radical (unpaired) electrons. The molecule has 0 saturated carbocycles. The molecule has 1 rings (SSSR count). The molecule has 1 heteroatoms. The number of hydrogen-bond acceptors (Lipinski definition) is 0. The number of allylic oxidation sites excluding steroid dienone is 1. The molecule has 0 fully saturated rings. The van der Waals surface area contributed by atoms with E-state index in [2.05, 4.69) is 47.6 Å². The number of benzene rings is 1. The Kier molecular flexibility index (Phi) is 2.89. The van der Waals surface area contributed by atoms with Crippen LogP contribution in [0.15, 0.2) is 35.3 Å². The second-order valence-corrected chi connectivity index (χ2v) is 3.44. The maximum absolute atomic E-state index is 3.70. The largest absolute Gasteiger partial charge is 0.103 e. The molecule has 0 nitrogen and oxygen atoms in total. The van der Waals surface area contributed by atoms with Gasteiger partial charge in [-0.1, -0.05) is 34.1 Å². The van der Waals surface area contributed by atoms with E-state index in [1.807, 2.05) is 6.08 Å². The van der Waals surface area contributed by atoms with E-state index in [0.29, 0.717) is 0 Å². The van der Waals surface area contributed by atoms with Crippen LogP contribution in [-0.2, 0) is 6.42 Å². The van der Waals surface area contributed by atoms with Crippen LogP contribution in [0.25, 0.3) is 0 Å². The molecule has 58 valence electrons. The summed E-state index contributed by atoms with van der Waals surface area (Å²) in [6.07, 6.45) is 2.84. The van der Waals surface area contributed by atoms with E-state index in [-0.39, 0.29) is 0 Å². The van der Waals surface area contributed by atoms with Crippen molar-refractivity contribution in [1.29, 1.82) is 0 Å². The molecule has 0 heterocycles. The summed E-state index contributed by atoms with van der Waals surface area (Å²) >= 11 is 3.50. The van der Waals surface area contributed by atoms with Crippen molar-refractivity contribution in [2.24, 2.45) is 0 Å². The first-order chi connectivity index (χ1) is 5.24. The Labute approximate surface area is 76.1 Å². The summed E-state index contributed by atoms with van der Waals surface area (Å²) in [6.45, 7) is 5.78. The van der Waals surface area contributed by atoms with E-state index >= 15 is 0 Å². The van der Waals surface area contributed by atoms with Gasteiger partial charge in [0, 0.05) is 4.47 Å². The highest BCUT2D eigenvalue weighted by molar-refractivity contribution is 9.10. The van der Waals surface area contributed by atoms with Gasteiger partial charge in [0.2, 0.25) is 0 Å². The first kappa shape index (κ1) is 8.54. The molecule has 0 aliphatic heterocycles. The monoisotopic (exact) mass is 210 g/mol. The highest BCUT2D eigenvalue weighted by Crippen LogP contribution is 2.18. The minimum absolute atomic E-state index is 0.931. The maximum Gasteiger partial charge on any atom is 0.0213 e. The zero-order chi connectivity index (χ0) is 8.27. The quantitative estimate of drug-likeness (QED) is 0.657. The number of halogens is 1. The number of hydrogen-bond donors (Lipinski definition) is 0. The normalized spacial score (nSPS) is 9.64. The van der Waals surface area contributed by atoms with Gasteiger partial charge in [0.15, 0.2) is 0 Å². The summed E-state index contributed by atoms with van der Waals surface area (Å²) in [5.74, 6) is 0. The van der Waals surface area contributed by atoms with Crippen molar-refractivity contribution in [3.8, 4) is 0 Å². The first-order valence-corrected chi connectivity index (χ1v) is 4.39. The SMILES string of the molecule is C=CCc1ccc(C)cc1Br. The van der Waals surface area contributed by atoms with Gasteiger partial charge < -0.3 is 0 Å². The van der Waals surface area contributed by atoms with Crippen molar-refractivity contribution in [3.63, 3.8) is 0 Å². The molecule has 0 N–H and O–H groups in total. The molecule has 0 unspecified atom stereocenters. The van der Waals surface area contributed by atoms with Gasteiger partial charge in [-0.05, 0) is 30.5 Å². The maximum atomic E-state index is 3.70. The van der Waals surface area contributed by atoms with Crippen LogP contribution in [0, 0.1) is 6.92 Å². The van der Waals surface area contributed by atoms with E-state index in [4.69, 9.17) is 0 Å². The molecule has 0 atom stereocenters. The fourth-order valence-corrected chi connectivity index (χ4v) is 1.63. The summed E-state index contributed by atoms with van der Waals surface area (Å²) in [6, 6.07) is 6.36. The Morgan fingerprint density at radius 2 is 2.27 bits per heavy atom. The van der Waals surface area contributed by atoms with Crippen molar-refractivity contribution in [1.82, 2.24) is 0 Å². The lowest BCUT2D eigenvalue weighted by atomic mass is 10.1. The van der Waals surface area contributed by atoms with Crippen LogP contribution >= 0.6 is 15.9 Å². The molecule has 0 aliphatic rings. The van der Waals surface area contributed by atoms with Crippen molar-refractivity contribution < 1.29 is 0 Å². The molecule has 1 aromatic rings. The smallest absolute Gasteiger partial charge is 0.0213 e. The van der Waals surface area contributed by atoms with E-state index in [9.17, 15) is 0 Å². The molecule has 0 aromatic heterocycles. The number of aryl methyl sites for hydroxylation is 1. The molecule has 0 spiro atoms. The van der Waals surface area contributed by atoms with Gasteiger partial charge in [0.25, 0.3) is 0 Å². The summed E-state index contributed by atoms with van der Waals surface area (Å²) in [5, 5.41) is 0. The van der Waals surface area contributed by atoms with Gasteiger partial charge in [0.05, 0.1) is 0 Å². The van der Waals surface area contributed by atoms with E-state index in [1.54, 1.807) is 0 Å². The van der Waals surface area contributed by atoms with Crippen molar-refractivity contribution in [3.05, 3.63) is 46.5 Å². The van der Waals surface area contributed by atoms with E-state index < -0.39 is 0 Å². The fourth-order valence-electron chi connectivity index (χ4n) is 0.973. The standard InChI is InChI=1S/C10H11Br/c1-3-4-9-6-5-8(2)7-10(9)11/h3,5-7H,1,4H2,2H3. The summed E-state index contributed by atoms with van der Waals surface area (Å²) in [5.41, 5.74) is 2.58. The Bertz CT molecular complexity index is 264. The van der Waals surface area contributed by atoms with Crippen LogP contribution in [0.3, 0.4) is 0 Å². The topological polar surface area (TPSA) is 0 Å². The van der Waals surface area contributed by atoms with Crippen LogP contribution in [-0.4, -0.2) is 0 Å². The van der Waals surface area contributed by atoms with Gasteiger partial charge >= 0.3 is 0 Å².